The molecule has 4 nitrogen and oxygen atoms in total. The largest absolute Gasteiger partial charge is 0.493 e. The Bertz CT molecular complexity index is 500. The summed E-state index contributed by atoms with van der Waals surface area (Å²) in [7, 11) is 3.26. The summed E-state index contributed by atoms with van der Waals surface area (Å²) in [5, 5.41) is 3.24. The quantitative estimate of drug-likeness (QED) is 0.878. The summed E-state index contributed by atoms with van der Waals surface area (Å²) in [5.41, 5.74) is 1.11. The third-order valence-electron chi connectivity index (χ3n) is 2.59. The average molecular weight is 244 g/mol. The van der Waals surface area contributed by atoms with Crippen LogP contribution in [0.15, 0.2) is 42.6 Å². The van der Waals surface area contributed by atoms with Crippen LogP contribution in [0.2, 0.25) is 0 Å². The maximum Gasteiger partial charge on any atom is 0.161 e. The number of nitrogens with one attached hydrogen (secondary N) is 1. The van der Waals surface area contributed by atoms with Crippen molar-refractivity contribution in [2.45, 2.75) is 6.54 Å². The normalized spacial score (nSPS) is 9.89. The Balaban J connectivity index is 2.06. The number of rotatable bonds is 5. The van der Waals surface area contributed by atoms with Gasteiger partial charge >= 0.3 is 0 Å². The molecule has 0 bridgehead atoms. The first-order chi connectivity index (χ1) is 8.83. The molecule has 0 atom stereocenters. The Morgan fingerprint density at radius 2 is 1.89 bits per heavy atom. The van der Waals surface area contributed by atoms with E-state index in [9.17, 15) is 0 Å². The van der Waals surface area contributed by atoms with Crippen molar-refractivity contribution in [2.75, 3.05) is 19.5 Å². The zero-order valence-electron chi connectivity index (χ0n) is 10.5. The molecule has 0 amide bonds. The molecule has 0 saturated carbocycles. The average Bonchev–Trinajstić information content (AvgIpc) is 2.45. The summed E-state index contributed by atoms with van der Waals surface area (Å²) in [4.78, 5) is 4.20. The maximum atomic E-state index is 5.26. The molecule has 0 aliphatic rings. The summed E-state index contributed by atoms with van der Waals surface area (Å²) < 4.78 is 10.5. The Labute approximate surface area is 107 Å². The zero-order valence-corrected chi connectivity index (χ0v) is 10.5. The summed E-state index contributed by atoms with van der Waals surface area (Å²) in [6.45, 7) is 0.692. The van der Waals surface area contributed by atoms with Crippen molar-refractivity contribution < 1.29 is 9.47 Å². The second-order valence-corrected chi connectivity index (χ2v) is 3.76. The lowest BCUT2D eigenvalue weighted by Crippen LogP contribution is -2.01. The van der Waals surface area contributed by atoms with Crippen LogP contribution in [-0.2, 0) is 6.54 Å². The van der Waals surface area contributed by atoms with E-state index in [1.807, 2.05) is 36.4 Å². The highest BCUT2D eigenvalue weighted by Crippen LogP contribution is 2.27. The van der Waals surface area contributed by atoms with E-state index >= 15 is 0 Å². The van der Waals surface area contributed by atoms with Crippen LogP contribution in [0.5, 0.6) is 11.5 Å². The Hall–Kier alpha value is -2.23. The van der Waals surface area contributed by atoms with Gasteiger partial charge in [-0.25, -0.2) is 4.98 Å². The van der Waals surface area contributed by atoms with Crippen molar-refractivity contribution >= 4 is 5.82 Å². The van der Waals surface area contributed by atoms with E-state index in [4.69, 9.17) is 9.47 Å². The number of ether oxygens (including phenoxy) is 2. The van der Waals surface area contributed by atoms with Crippen LogP contribution in [0, 0.1) is 0 Å². The van der Waals surface area contributed by atoms with E-state index in [-0.39, 0.29) is 0 Å². The van der Waals surface area contributed by atoms with Crippen LogP contribution in [0.3, 0.4) is 0 Å². The molecular weight excluding hydrogens is 228 g/mol. The molecule has 0 spiro atoms. The van der Waals surface area contributed by atoms with Gasteiger partial charge in [-0.3, -0.25) is 0 Å². The molecule has 94 valence electrons. The first kappa shape index (κ1) is 12.2. The van der Waals surface area contributed by atoms with Gasteiger partial charge in [0.25, 0.3) is 0 Å². The SMILES string of the molecule is COc1ccc(CNc2ccccn2)cc1OC. The fraction of sp³-hybridized carbons (Fsp3) is 0.214. The minimum Gasteiger partial charge on any atom is -0.493 e. The lowest BCUT2D eigenvalue weighted by atomic mass is 10.2. The van der Waals surface area contributed by atoms with Crippen molar-refractivity contribution in [3.63, 3.8) is 0 Å². The van der Waals surface area contributed by atoms with Gasteiger partial charge in [-0.1, -0.05) is 12.1 Å². The van der Waals surface area contributed by atoms with E-state index in [1.54, 1.807) is 20.4 Å². The molecule has 0 aliphatic carbocycles. The lowest BCUT2D eigenvalue weighted by Gasteiger charge is -2.10. The first-order valence-corrected chi connectivity index (χ1v) is 5.69. The second kappa shape index (κ2) is 5.91. The predicted molar refractivity (Wildman–Crippen MR) is 71.1 cm³/mol. The molecule has 0 fully saturated rings. The predicted octanol–water partition coefficient (Wildman–Crippen LogP) is 2.71. The molecule has 1 N–H and O–H groups in total. The standard InChI is InChI=1S/C14H16N2O2/c1-17-12-7-6-11(9-13(12)18-2)10-16-14-5-3-4-8-15-14/h3-9H,10H2,1-2H3,(H,15,16). The number of benzene rings is 1. The minimum absolute atomic E-state index is 0.692. The second-order valence-electron chi connectivity index (χ2n) is 3.76. The molecule has 18 heavy (non-hydrogen) atoms. The molecular formula is C14H16N2O2. The Morgan fingerprint density at radius 1 is 1.06 bits per heavy atom. The molecule has 1 aromatic carbocycles. The number of hydrogen-bond donors (Lipinski definition) is 1. The maximum absolute atomic E-state index is 5.26. The van der Waals surface area contributed by atoms with E-state index in [2.05, 4.69) is 10.3 Å². The first-order valence-electron chi connectivity index (χ1n) is 5.69. The van der Waals surface area contributed by atoms with Crippen LogP contribution in [0.1, 0.15) is 5.56 Å². The van der Waals surface area contributed by atoms with Gasteiger partial charge < -0.3 is 14.8 Å². The molecule has 1 aromatic heterocycles. The van der Waals surface area contributed by atoms with Crippen molar-refractivity contribution in [1.29, 1.82) is 0 Å². The monoisotopic (exact) mass is 244 g/mol. The molecule has 2 rings (SSSR count). The topological polar surface area (TPSA) is 43.4 Å². The number of hydrogen-bond acceptors (Lipinski definition) is 4. The van der Waals surface area contributed by atoms with Crippen LogP contribution in [0.25, 0.3) is 0 Å². The van der Waals surface area contributed by atoms with Gasteiger partial charge in [0, 0.05) is 12.7 Å². The van der Waals surface area contributed by atoms with Crippen LogP contribution in [-0.4, -0.2) is 19.2 Å². The third-order valence-corrected chi connectivity index (χ3v) is 2.59. The van der Waals surface area contributed by atoms with E-state index in [1.165, 1.54) is 0 Å². The number of aromatic nitrogens is 1. The van der Waals surface area contributed by atoms with Crippen molar-refractivity contribution in [2.24, 2.45) is 0 Å². The van der Waals surface area contributed by atoms with E-state index < -0.39 is 0 Å². The van der Waals surface area contributed by atoms with Crippen molar-refractivity contribution in [3.8, 4) is 11.5 Å². The number of nitrogens with zero attached hydrogens (tertiary/aromatic N) is 1. The zero-order chi connectivity index (χ0) is 12.8. The van der Waals surface area contributed by atoms with Gasteiger partial charge in [-0.2, -0.15) is 0 Å². The molecule has 0 radical (unpaired) electrons. The number of anilines is 1. The van der Waals surface area contributed by atoms with Gasteiger partial charge in [0.15, 0.2) is 11.5 Å². The summed E-state index contributed by atoms with van der Waals surface area (Å²) >= 11 is 0. The lowest BCUT2D eigenvalue weighted by molar-refractivity contribution is 0.354. The van der Waals surface area contributed by atoms with Crippen molar-refractivity contribution in [3.05, 3.63) is 48.2 Å². The summed E-state index contributed by atoms with van der Waals surface area (Å²) in [6, 6.07) is 11.6. The summed E-state index contributed by atoms with van der Waals surface area (Å²) in [6.07, 6.45) is 1.76. The van der Waals surface area contributed by atoms with Crippen LogP contribution in [0.4, 0.5) is 5.82 Å². The molecule has 1 heterocycles. The smallest absolute Gasteiger partial charge is 0.161 e. The number of methoxy groups -OCH3 is 2. The van der Waals surface area contributed by atoms with Gasteiger partial charge in [-0.15, -0.1) is 0 Å². The molecule has 2 aromatic rings. The summed E-state index contributed by atoms with van der Waals surface area (Å²) in [5.74, 6) is 2.32. The Morgan fingerprint density at radius 3 is 2.56 bits per heavy atom. The minimum atomic E-state index is 0.692. The van der Waals surface area contributed by atoms with Gasteiger partial charge in [0.05, 0.1) is 14.2 Å². The fourth-order valence-electron chi connectivity index (χ4n) is 1.65. The fourth-order valence-corrected chi connectivity index (χ4v) is 1.65. The van der Waals surface area contributed by atoms with Gasteiger partial charge in [0.1, 0.15) is 5.82 Å². The van der Waals surface area contributed by atoms with E-state index in [0.29, 0.717) is 6.54 Å². The van der Waals surface area contributed by atoms with Gasteiger partial charge in [-0.05, 0) is 29.8 Å². The molecule has 0 unspecified atom stereocenters. The Kier molecular flexibility index (Phi) is 4.02. The molecule has 0 aliphatic heterocycles. The highest BCUT2D eigenvalue weighted by atomic mass is 16.5. The molecule has 4 heteroatoms. The van der Waals surface area contributed by atoms with E-state index in [0.717, 1.165) is 22.9 Å². The van der Waals surface area contributed by atoms with Gasteiger partial charge in [0.2, 0.25) is 0 Å². The number of pyridine rings is 1. The van der Waals surface area contributed by atoms with Crippen LogP contribution >= 0.6 is 0 Å². The van der Waals surface area contributed by atoms with Crippen LogP contribution < -0.4 is 14.8 Å². The third kappa shape index (κ3) is 2.91. The molecule has 0 saturated heterocycles. The highest BCUT2D eigenvalue weighted by molar-refractivity contribution is 5.44. The highest BCUT2D eigenvalue weighted by Gasteiger charge is 2.04. The van der Waals surface area contributed by atoms with Crippen molar-refractivity contribution in [1.82, 2.24) is 4.98 Å².